The predicted octanol–water partition coefficient (Wildman–Crippen LogP) is 2.75. The van der Waals surface area contributed by atoms with Crippen molar-refractivity contribution in [3.8, 4) is 0 Å². The summed E-state index contributed by atoms with van der Waals surface area (Å²) in [6.45, 7) is 4.62. The quantitative estimate of drug-likeness (QED) is 0.692. The lowest BCUT2D eigenvalue weighted by Gasteiger charge is -2.34. The summed E-state index contributed by atoms with van der Waals surface area (Å²) in [6, 6.07) is 9.51. The molecule has 0 atom stereocenters. The molecule has 30 heavy (non-hydrogen) atoms. The van der Waals surface area contributed by atoms with Gasteiger partial charge >= 0.3 is 0 Å². The number of hydrogen-bond acceptors (Lipinski definition) is 8. The molecule has 3 aromatic rings. The molecule has 2 aliphatic rings. The molecular formula is C21H23N7O2. The van der Waals surface area contributed by atoms with E-state index in [0.29, 0.717) is 43.6 Å². The molecule has 1 aliphatic carbocycles. The molecule has 0 aromatic carbocycles. The Morgan fingerprint density at radius 3 is 2.60 bits per heavy atom. The summed E-state index contributed by atoms with van der Waals surface area (Å²) in [5.74, 6) is 3.39. The average molecular weight is 405 g/mol. The summed E-state index contributed by atoms with van der Waals surface area (Å²) in [5, 5.41) is 15.7. The van der Waals surface area contributed by atoms with E-state index in [0.717, 1.165) is 35.8 Å². The smallest absolute Gasteiger partial charge is 0.276 e. The fourth-order valence-electron chi connectivity index (χ4n) is 3.55. The van der Waals surface area contributed by atoms with Gasteiger partial charge in [0.1, 0.15) is 11.6 Å². The molecule has 9 heteroatoms. The van der Waals surface area contributed by atoms with Gasteiger partial charge in [-0.2, -0.15) is 0 Å². The van der Waals surface area contributed by atoms with Gasteiger partial charge in [0.2, 0.25) is 0 Å². The third-order valence-corrected chi connectivity index (χ3v) is 5.44. The van der Waals surface area contributed by atoms with Crippen LogP contribution in [0.3, 0.4) is 0 Å². The molecule has 1 aliphatic heterocycles. The van der Waals surface area contributed by atoms with E-state index >= 15 is 0 Å². The first kappa shape index (κ1) is 18.5. The number of hydrogen-bond donors (Lipinski definition) is 1. The summed E-state index contributed by atoms with van der Waals surface area (Å²) in [5.41, 5.74) is 1.53. The van der Waals surface area contributed by atoms with Gasteiger partial charge in [-0.15, -0.1) is 10.2 Å². The molecule has 0 unspecified atom stereocenters. The Balaban J connectivity index is 1.17. The molecule has 0 radical (unpaired) electrons. The number of aromatic nitrogens is 4. The maximum atomic E-state index is 12.7. The lowest BCUT2D eigenvalue weighted by atomic mass is 10.2. The number of amides is 1. The number of carbonyl (C=O) groups excluding carboxylic acids is 1. The van der Waals surface area contributed by atoms with Gasteiger partial charge in [-0.05, 0) is 49.6 Å². The zero-order valence-corrected chi connectivity index (χ0v) is 16.8. The number of nitrogens with zero attached hydrogens (tertiary/aromatic N) is 6. The molecule has 1 N–H and O–H groups in total. The Kier molecular flexibility index (Phi) is 4.78. The fraction of sp³-hybridized carbons (Fsp3) is 0.381. The monoisotopic (exact) mass is 405 g/mol. The van der Waals surface area contributed by atoms with Crippen LogP contribution in [-0.2, 0) is 0 Å². The molecule has 4 heterocycles. The first-order valence-corrected chi connectivity index (χ1v) is 10.2. The van der Waals surface area contributed by atoms with Crippen molar-refractivity contribution >= 4 is 23.4 Å². The van der Waals surface area contributed by atoms with Gasteiger partial charge < -0.3 is 19.6 Å². The van der Waals surface area contributed by atoms with Crippen molar-refractivity contribution in [2.75, 3.05) is 36.4 Å². The second-order valence-corrected chi connectivity index (χ2v) is 7.79. The van der Waals surface area contributed by atoms with Crippen LogP contribution in [0.4, 0.5) is 17.5 Å². The van der Waals surface area contributed by atoms with Gasteiger partial charge in [-0.25, -0.2) is 4.98 Å². The highest BCUT2D eigenvalue weighted by Gasteiger charge is 2.30. The second-order valence-electron chi connectivity index (χ2n) is 7.79. The lowest BCUT2D eigenvalue weighted by Crippen LogP contribution is -2.49. The Morgan fingerprint density at radius 2 is 1.90 bits per heavy atom. The number of nitrogens with one attached hydrogen (secondary N) is 1. The Labute approximate surface area is 174 Å². The van der Waals surface area contributed by atoms with Crippen LogP contribution < -0.4 is 10.2 Å². The molecule has 1 saturated heterocycles. The van der Waals surface area contributed by atoms with E-state index in [9.17, 15) is 4.79 Å². The van der Waals surface area contributed by atoms with Crippen LogP contribution in [0, 0.1) is 6.92 Å². The van der Waals surface area contributed by atoms with Crippen molar-refractivity contribution in [2.45, 2.75) is 25.7 Å². The van der Waals surface area contributed by atoms with Gasteiger partial charge in [0, 0.05) is 44.4 Å². The number of pyridine rings is 1. The number of rotatable bonds is 5. The molecule has 1 amide bonds. The van der Waals surface area contributed by atoms with Crippen molar-refractivity contribution in [1.29, 1.82) is 0 Å². The number of carbonyl (C=O) groups is 1. The summed E-state index contributed by atoms with van der Waals surface area (Å²) in [4.78, 5) is 20.9. The number of anilines is 3. The molecule has 0 spiro atoms. The van der Waals surface area contributed by atoms with E-state index in [1.54, 1.807) is 12.3 Å². The minimum atomic E-state index is -0.0680. The molecule has 1 saturated carbocycles. The highest BCUT2D eigenvalue weighted by atomic mass is 16.5. The van der Waals surface area contributed by atoms with Gasteiger partial charge in [-0.1, -0.05) is 5.16 Å². The van der Waals surface area contributed by atoms with Gasteiger partial charge in [0.25, 0.3) is 5.91 Å². The fourth-order valence-corrected chi connectivity index (χ4v) is 3.55. The SMILES string of the molecule is Cc1ccnc(Nc2ccc(N3CCN(C(=O)c4cc(C5CC5)on4)CC3)nn2)c1. The zero-order chi connectivity index (χ0) is 20.5. The minimum absolute atomic E-state index is 0.0680. The average Bonchev–Trinajstić information content (AvgIpc) is 3.51. The Bertz CT molecular complexity index is 1040. The highest BCUT2D eigenvalue weighted by molar-refractivity contribution is 5.92. The Morgan fingerprint density at radius 1 is 1.07 bits per heavy atom. The largest absolute Gasteiger partial charge is 0.360 e. The predicted molar refractivity (Wildman–Crippen MR) is 111 cm³/mol. The zero-order valence-electron chi connectivity index (χ0n) is 16.8. The van der Waals surface area contributed by atoms with Gasteiger partial charge in [0.15, 0.2) is 17.3 Å². The van der Waals surface area contributed by atoms with E-state index < -0.39 is 0 Å². The van der Waals surface area contributed by atoms with Crippen LogP contribution in [0.2, 0.25) is 0 Å². The van der Waals surface area contributed by atoms with Crippen LogP contribution in [-0.4, -0.2) is 57.3 Å². The summed E-state index contributed by atoms with van der Waals surface area (Å²) >= 11 is 0. The summed E-state index contributed by atoms with van der Waals surface area (Å²) < 4.78 is 5.31. The maximum absolute atomic E-state index is 12.7. The molecule has 154 valence electrons. The topological polar surface area (TPSA) is 100 Å². The summed E-state index contributed by atoms with van der Waals surface area (Å²) in [6.07, 6.45) is 4.00. The maximum Gasteiger partial charge on any atom is 0.276 e. The van der Waals surface area contributed by atoms with Crippen LogP contribution in [0.5, 0.6) is 0 Å². The molecule has 5 rings (SSSR count). The molecular weight excluding hydrogens is 382 g/mol. The van der Waals surface area contributed by atoms with Crippen molar-refractivity contribution in [3.05, 3.63) is 53.5 Å². The third-order valence-electron chi connectivity index (χ3n) is 5.44. The molecule has 2 fully saturated rings. The molecule has 3 aromatic heterocycles. The van der Waals surface area contributed by atoms with Crippen molar-refractivity contribution in [3.63, 3.8) is 0 Å². The summed E-state index contributed by atoms with van der Waals surface area (Å²) in [7, 11) is 0. The van der Waals surface area contributed by atoms with Gasteiger partial charge in [0.05, 0.1) is 0 Å². The number of aryl methyl sites for hydroxylation is 1. The minimum Gasteiger partial charge on any atom is -0.360 e. The van der Waals surface area contributed by atoms with Gasteiger partial charge in [-0.3, -0.25) is 4.79 Å². The van der Waals surface area contributed by atoms with E-state index in [4.69, 9.17) is 4.52 Å². The van der Waals surface area contributed by atoms with Crippen molar-refractivity contribution in [1.82, 2.24) is 25.2 Å². The first-order chi connectivity index (χ1) is 14.7. The van der Waals surface area contributed by atoms with E-state index in [-0.39, 0.29) is 5.91 Å². The molecule has 0 bridgehead atoms. The normalized spacial score (nSPS) is 16.6. The van der Waals surface area contributed by atoms with E-state index in [1.165, 1.54) is 0 Å². The highest BCUT2D eigenvalue weighted by Crippen LogP contribution is 2.40. The first-order valence-electron chi connectivity index (χ1n) is 10.2. The second kappa shape index (κ2) is 7.74. The van der Waals surface area contributed by atoms with Crippen LogP contribution >= 0.6 is 0 Å². The third kappa shape index (κ3) is 3.96. The molecule has 9 nitrogen and oxygen atoms in total. The van der Waals surface area contributed by atoms with Crippen LogP contribution in [0.15, 0.2) is 41.1 Å². The van der Waals surface area contributed by atoms with Crippen molar-refractivity contribution in [2.24, 2.45) is 0 Å². The van der Waals surface area contributed by atoms with Crippen molar-refractivity contribution < 1.29 is 9.32 Å². The lowest BCUT2D eigenvalue weighted by molar-refractivity contribution is 0.0736. The number of piperazine rings is 1. The van der Waals surface area contributed by atoms with E-state index in [2.05, 4.69) is 30.6 Å². The Hall–Kier alpha value is -3.49. The standard InChI is InChI=1S/C21H23N7O2/c1-14-6-7-22-19(12-14)23-18-4-5-20(25-24-18)27-8-10-28(11-9-27)21(29)16-13-17(30-26-16)15-2-3-15/h4-7,12-13,15H,2-3,8-11H2,1H3,(H,22,23,24). The van der Waals surface area contributed by atoms with Crippen LogP contribution in [0.25, 0.3) is 0 Å². The van der Waals surface area contributed by atoms with Crippen LogP contribution in [0.1, 0.15) is 40.6 Å². The van der Waals surface area contributed by atoms with E-state index in [1.807, 2.05) is 36.1 Å².